The first kappa shape index (κ1) is 17.4. The minimum atomic E-state index is -0.901. The van der Waals surface area contributed by atoms with Crippen molar-refractivity contribution in [3.05, 3.63) is 75.8 Å². The van der Waals surface area contributed by atoms with Gasteiger partial charge in [0.1, 0.15) is 5.37 Å². The Bertz CT molecular complexity index is 766. The molecule has 0 bridgehead atoms. The molecule has 1 N–H and O–H groups in total. The summed E-state index contributed by atoms with van der Waals surface area (Å²) >= 11 is 1.55. The van der Waals surface area contributed by atoms with Crippen LogP contribution in [0.1, 0.15) is 29.5 Å². The summed E-state index contributed by atoms with van der Waals surface area (Å²) in [6, 6.07) is 15.5. The molecule has 6 nitrogen and oxygen atoms in total. The lowest BCUT2D eigenvalue weighted by atomic mass is 10.1. The SMILES string of the molecule is C[C@H]1S[C@@H](c2ccccc2)N(C[C@H](O)c2ccc([N+](=O)[O-])cc2)C1=O. The Labute approximate surface area is 149 Å². The van der Waals surface area contributed by atoms with Gasteiger partial charge in [0.25, 0.3) is 5.69 Å². The highest BCUT2D eigenvalue weighted by atomic mass is 32.2. The van der Waals surface area contributed by atoms with Gasteiger partial charge in [-0.15, -0.1) is 11.8 Å². The Hall–Kier alpha value is -2.38. The molecule has 1 saturated heterocycles. The van der Waals surface area contributed by atoms with E-state index in [1.54, 1.807) is 16.7 Å². The number of hydrogen-bond acceptors (Lipinski definition) is 5. The fraction of sp³-hybridized carbons (Fsp3) is 0.278. The van der Waals surface area contributed by atoms with Crippen molar-refractivity contribution >= 4 is 23.4 Å². The molecular formula is C18H18N2O4S. The van der Waals surface area contributed by atoms with Crippen molar-refractivity contribution < 1.29 is 14.8 Å². The van der Waals surface area contributed by atoms with Gasteiger partial charge in [-0.05, 0) is 30.2 Å². The molecule has 0 radical (unpaired) electrons. The van der Waals surface area contributed by atoms with Gasteiger partial charge in [0.05, 0.1) is 22.8 Å². The fourth-order valence-electron chi connectivity index (χ4n) is 2.85. The molecule has 0 saturated carbocycles. The molecule has 7 heteroatoms. The van der Waals surface area contributed by atoms with Crippen LogP contribution in [-0.2, 0) is 4.79 Å². The zero-order chi connectivity index (χ0) is 18.0. The second kappa shape index (κ2) is 7.25. The van der Waals surface area contributed by atoms with E-state index in [1.807, 2.05) is 37.3 Å². The van der Waals surface area contributed by atoms with Crippen molar-refractivity contribution in [3.8, 4) is 0 Å². The zero-order valence-corrected chi connectivity index (χ0v) is 14.4. The molecule has 0 aliphatic carbocycles. The molecule has 2 aromatic rings. The van der Waals surface area contributed by atoms with Crippen LogP contribution < -0.4 is 0 Å². The molecule has 2 aromatic carbocycles. The van der Waals surface area contributed by atoms with Gasteiger partial charge in [-0.1, -0.05) is 30.3 Å². The summed E-state index contributed by atoms with van der Waals surface area (Å²) in [5, 5.41) is 20.9. The van der Waals surface area contributed by atoms with Gasteiger partial charge >= 0.3 is 0 Å². The van der Waals surface area contributed by atoms with Crippen LogP contribution in [0.5, 0.6) is 0 Å². The Morgan fingerprint density at radius 1 is 1.20 bits per heavy atom. The number of benzene rings is 2. The van der Waals surface area contributed by atoms with Crippen molar-refractivity contribution in [1.29, 1.82) is 0 Å². The van der Waals surface area contributed by atoms with E-state index in [0.29, 0.717) is 5.56 Å². The highest BCUT2D eigenvalue weighted by molar-refractivity contribution is 8.01. The van der Waals surface area contributed by atoms with E-state index >= 15 is 0 Å². The molecule has 130 valence electrons. The second-order valence-electron chi connectivity index (χ2n) is 5.90. The van der Waals surface area contributed by atoms with E-state index < -0.39 is 11.0 Å². The molecule has 3 rings (SSSR count). The maximum Gasteiger partial charge on any atom is 0.269 e. The van der Waals surface area contributed by atoms with Crippen LogP contribution in [0.3, 0.4) is 0 Å². The topological polar surface area (TPSA) is 83.7 Å². The number of carbonyl (C=O) groups excluding carboxylic acids is 1. The number of carbonyl (C=O) groups is 1. The first-order valence-corrected chi connectivity index (χ1v) is 8.85. The Morgan fingerprint density at radius 2 is 1.84 bits per heavy atom. The molecular weight excluding hydrogens is 340 g/mol. The summed E-state index contributed by atoms with van der Waals surface area (Å²) in [5.74, 6) is -0.0141. The summed E-state index contributed by atoms with van der Waals surface area (Å²) in [5.41, 5.74) is 1.54. The molecule has 1 aliphatic heterocycles. The number of hydrogen-bond donors (Lipinski definition) is 1. The molecule has 1 aliphatic rings. The van der Waals surface area contributed by atoms with Crippen LogP contribution in [0.4, 0.5) is 5.69 Å². The summed E-state index contributed by atoms with van der Waals surface area (Å²) in [6.07, 6.45) is -0.901. The first-order valence-electron chi connectivity index (χ1n) is 7.90. The van der Waals surface area contributed by atoms with Gasteiger partial charge in [0, 0.05) is 12.1 Å². The lowest BCUT2D eigenvalue weighted by molar-refractivity contribution is -0.384. The third-order valence-electron chi connectivity index (χ3n) is 4.19. The minimum Gasteiger partial charge on any atom is -0.387 e. The summed E-state index contributed by atoms with van der Waals surface area (Å²) in [6.45, 7) is 2.01. The van der Waals surface area contributed by atoms with Crippen molar-refractivity contribution in [3.63, 3.8) is 0 Å². The number of nitrogens with zero attached hydrogens (tertiary/aromatic N) is 2. The molecule has 0 spiro atoms. The van der Waals surface area contributed by atoms with E-state index in [2.05, 4.69) is 0 Å². The van der Waals surface area contributed by atoms with Gasteiger partial charge in [-0.2, -0.15) is 0 Å². The predicted molar refractivity (Wildman–Crippen MR) is 96.0 cm³/mol. The van der Waals surface area contributed by atoms with E-state index in [-0.39, 0.29) is 28.8 Å². The number of β-amino-alcohol motifs (C(OH)–C–C–N with tert-alkyl or cyclic N) is 1. The maximum absolute atomic E-state index is 12.5. The quantitative estimate of drug-likeness (QED) is 0.655. The maximum atomic E-state index is 12.5. The lowest BCUT2D eigenvalue weighted by Gasteiger charge is -2.26. The third-order valence-corrected chi connectivity index (χ3v) is 5.58. The average molecular weight is 358 g/mol. The molecule has 3 atom stereocenters. The van der Waals surface area contributed by atoms with Crippen molar-refractivity contribution in [2.75, 3.05) is 6.54 Å². The van der Waals surface area contributed by atoms with Gasteiger partial charge in [0.2, 0.25) is 5.91 Å². The number of thioether (sulfide) groups is 1. The largest absolute Gasteiger partial charge is 0.387 e. The number of nitro groups is 1. The van der Waals surface area contributed by atoms with Crippen LogP contribution in [0.25, 0.3) is 0 Å². The molecule has 1 amide bonds. The van der Waals surface area contributed by atoms with Crippen molar-refractivity contribution in [2.24, 2.45) is 0 Å². The summed E-state index contributed by atoms with van der Waals surface area (Å²) < 4.78 is 0. The predicted octanol–water partition coefficient (Wildman–Crippen LogP) is 3.29. The Kier molecular flexibility index (Phi) is 5.06. The van der Waals surface area contributed by atoms with Crippen LogP contribution in [0, 0.1) is 10.1 Å². The van der Waals surface area contributed by atoms with Crippen molar-refractivity contribution in [1.82, 2.24) is 4.90 Å². The smallest absolute Gasteiger partial charge is 0.269 e. The van der Waals surface area contributed by atoms with Crippen LogP contribution >= 0.6 is 11.8 Å². The Balaban J connectivity index is 1.79. The van der Waals surface area contributed by atoms with Crippen molar-refractivity contribution in [2.45, 2.75) is 23.7 Å². The van der Waals surface area contributed by atoms with E-state index in [9.17, 15) is 20.0 Å². The summed E-state index contributed by atoms with van der Waals surface area (Å²) in [7, 11) is 0. The number of nitro benzene ring substituents is 1. The lowest BCUT2D eigenvalue weighted by Crippen LogP contribution is -2.34. The normalized spacial score (nSPS) is 21.4. The molecule has 1 heterocycles. The fourth-order valence-corrected chi connectivity index (χ4v) is 4.14. The molecule has 25 heavy (non-hydrogen) atoms. The monoisotopic (exact) mass is 358 g/mol. The second-order valence-corrected chi connectivity index (χ2v) is 7.32. The molecule has 0 aromatic heterocycles. The molecule has 0 unspecified atom stereocenters. The zero-order valence-electron chi connectivity index (χ0n) is 13.6. The minimum absolute atomic E-state index is 0.0141. The average Bonchev–Trinajstić information content (AvgIpc) is 2.91. The first-order chi connectivity index (χ1) is 12.0. The van der Waals surface area contributed by atoms with Gasteiger partial charge in [0.15, 0.2) is 0 Å². The number of aliphatic hydroxyl groups excluding tert-OH is 1. The number of rotatable bonds is 5. The van der Waals surface area contributed by atoms with Gasteiger partial charge in [-0.3, -0.25) is 14.9 Å². The number of non-ortho nitro benzene ring substituents is 1. The van der Waals surface area contributed by atoms with E-state index in [1.165, 1.54) is 24.3 Å². The van der Waals surface area contributed by atoms with Crippen LogP contribution in [0.15, 0.2) is 54.6 Å². The van der Waals surface area contributed by atoms with Crippen LogP contribution in [-0.4, -0.2) is 32.6 Å². The number of aliphatic hydroxyl groups is 1. The van der Waals surface area contributed by atoms with E-state index in [0.717, 1.165) is 5.56 Å². The van der Waals surface area contributed by atoms with Gasteiger partial charge in [-0.25, -0.2) is 0 Å². The standard InChI is InChI=1S/C18H18N2O4S/c1-12-17(22)19(18(25-12)14-5-3-2-4-6-14)11-16(21)13-7-9-15(10-8-13)20(23)24/h2-10,12,16,18,21H,11H2,1H3/t12-,16+,18+/m1/s1. The Morgan fingerprint density at radius 3 is 2.44 bits per heavy atom. The molecule has 1 fully saturated rings. The van der Waals surface area contributed by atoms with E-state index in [4.69, 9.17) is 0 Å². The highest BCUT2D eigenvalue weighted by Crippen LogP contribution is 2.43. The third kappa shape index (κ3) is 3.67. The van der Waals surface area contributed by atoms with Crippen LogP contribution in [0.2, 0.25) is 0 Å². The summed E-state index contributed by atoms with van der Waals surface area (Å²) in [4.78, 5) is 24.4. The highest BCUT2D eigenvalue weighted by Gasteiger charge is 2.39. The number of amides is 1. The van der Waals surface area contributed by atoms with Gasteiger partial charge < -0.3 is 10.0 Å².